The van der Waals surface area contributed by atoms with Crippen LogP contribution in [-0.2, 0) is 0 Å². The first-order chi connectivity index (χ1) is 6.42. The predicted molar refractivity (Wildman–Crippen MR) is 53.6 cm³/mol. The van der Waals surface area contributed by atoms with Crippen LogP contribution in [0.1, 0.15) is 30.7 Å². The van der Waals surface area contributed by atoms with Gasteiger partial charge in [0.2, 0.25) is 0 Å². The van der Waals surface area contributed by atoms with E-state index < -0.39 is 0 Å². The van der Waals surface area contributed by atoms with E-state index in [1.54, 1.807) is 0 Å². The third-order valence-electron chi connectivity index (χ3n) is 2.86. The van der Waals surface area contributed by atoms with E-state index in [4.69, 9.17) is 5.11 Å². The van der Waals surface area contributed by atoms with E-state index in [1.165, 1.54) is 18.4 Å². The number of hydrogen-bond donors (Lipinski definition) is 1. The van der Waals surface area contributed by atoms with Crippen molar-refractivity contribution < 1.29 is 5.11 Å². The first-order valence-corrected chi connectivity index (χ1v) is 5.07. The highest BCUT2D eigenvalue weighted by Gasteiger charge is 2.31. The summed E-state index contributed by atoms with van der Waals surface area (Å²) < 4.78 is 0. The van der Waals surface area contributed by atoms with E-state index in [2.05, 4.69) is 24.3 Å². The van der Waals surface area contributed by atoms with Crippen molar-refractivity contribution >= 4 is 0 Å². The highest BCUT2D eigenvalue weighted by molar-refractivity contribution is 5.21. The molecule has 1 nitrogen and oxygen atoms in total. The molecule has 1 fully saturated rings. The molecule has 1 aliphatic carbocycles. The predicted octanol–water partition coefficient (Wildman–Crippen LogP) is 2.56. The molecule has 1 heteroatoms. The highest BCUT2D eigenvalue weighted by atomic mass is 16.3. The van der Waals surface area contributed by atoms with Gasteiger partial charge in [0.25, 0.3) is 0 Å². The maximum absolute atomic E-state index is 8.97. The molecule has 1 aliphatic rings. The van der Waals surface area contributed by atoms with Gasteiger partial charge in [0.05, 0.1) is 0 Å². The minimum absolute atomic E-state index is 0.316. The molecule has 2 rings (SSSR count). The van der Waals surface area contributed by atoms with Gasteiger partial charge in [0, 0.05) is 6.61 Å². The normalized spacial score (nSPS) is 18.5. The van der Waals surface area contributed by atoms with Crippen LogP contribution >= 0.6 is 0 Å². The van der Waals surface area contributed by atoms with Crippen LogP contribution in [0.3, 0.4) is 0 Å². The van der Waals surface area contributed by atoms with E-state index >= 15 is 0 Å². The van der Waals surface area contributed by atoms with Gasteiger partial charge in [-0.25, -0.2) is 0 Å². The zero-order valence-electron chi connectivity index (χ0n) is 7.82. The Bertz CT molecular complexity index is 251. The number of aliphatic hydroxyl groups excluding tert-OH is 1. The van der Waals surface area contributed by atoms with Gasteiger partial charge in [-0.15, -0.1) is 0 Å². The quantitative estimate of drug-likeness (QED) is 0.747. The SMILES string of the molecule is OCCC(c1ccccc1)C1CC1. The molecule has 1 unspecified atom stereocenters. The topological polar surface area (TPSA) is 20.2 Å². The average molecular weight is 176 g/mol. The molecule has 0 spiro atoms. The smallest absolute Gasteiger partial charge is 0.0436 e. The molecule has 0 saturated heterocycles. The van der Waals surface area contributed by atoms with E-state index in [1.807, 2.05) is 6.07 Å². The Morgan fingerprint density at radius 1 is 1.23 bits per heavy atom. The van der Waals surface area contributed by atoms with Crippen LogP contribution in [0.2, 0.25) is 0 Å². The summed E-state index contributed by atoms with van der Waals surface area (Å²) >= 11 is 0. The molecule has 70 valence electrons. The fourth-order valence-corrected chi connectivity index (χ4v) is 2.01. The first kappa shape index (κ1) is 8.76. The average Bonchev–Trinajstić information content (AvgIpc) is 2.99. The third-order valence-corrected chi connectivity index (χ3v) is 2.86. The van der Waals surface area contributed by atoms with Crippen LogP contribution in [0.5, 0.6) is 0 Å². The Kier molecular flexibility index (Phi) is 2.65. The minimum Gasteiger partial charge on any atom is -0.396 e. The monoisotopic (exact) mass is 176 g/mol. The molecule has 13 heavy (non-hydrogen) atoms. The second kappa shape index (κ2) is 3.93. The van der Waals surface area contributed by atoms with Crippen LogP contribution in [-0.4, -0.2) is 11.7 Å². The Hall–Kier alpha value is -0.820. The Morgan fingerprint density at radius 2 is 1.92 bits per heavy atom. The summed E-state index contributed by atoms with van der Waals surface area (Å²) in [5.74, 6) is 1.45. The van der Waals surface area contributed by atoms with Gasteiger partial charge in [0.1, 0.15) is 0 Å². The lowest BCUT2D eigenvalue weighted by Gasteiger charge is -2.14. The van der Waals surface area contributed by atoms with E-state index in [-0.39, 0.29) is 0 Å². The molecule has 1 aromatic rings. The zero-order valence-corrected chi connectivity index (χ0v) is 7.82. The number of aliphatic hydroxyl groups is 1. The van der Waals surface area contributed by atoms with Gasteiger partial charge >= 0.3 is 0 Å². The lowest BCUT2D eigenvalue weighted by Crippen LogP contribution is -2.03. The van der Waals surface area contributed by atoms with Gasteiger partial charge in [-0.3, -0.25) is 0 Å². The van der Waals surface area contributed by atoms with Crippen molar-refractivity contribution in [3.63, 3.8) is 0 Å². The van der Waals surface area contributed by atoms with Crippen molar-refractivity contribution in [1.82, 2.24) is 0 Å². The molecule has 0 bridgehead atoms. The number of rotatable bonds is 4. The molecule has 1 atom stereocenters. The minimum atomic E-state index is 0.316. The maximum Gasteiger partial charge on any atom is 0.0436 e. The van der Waals surface area contributed by atoms with Crippen LogP contribution in [0.4, 0.5) is 0 Å². The molecule has 1 saturated carbocycles. The van der Waals surface area contributed by atoms with Crippen molar-refractivity contribution in [2.45, 2.75) is 25.2 Å². The van der Waals surface area contributed by atoms with Crippen molar-refractivity contribution in [1.29, 1.82) is 0 Å². The standard InChI is InChI=1S/C12H16O/c13-9-8-12(11-6-7-11)10-4-2-1-3-5-10/h1-5,11-13H,6-9H2. The Labute approximate surface area is 79.4 Å². The molecule has 0 radical (unpaired) electrons. The van der Waals surface area contributed by atoms with Crippen LogP contribution < -0.4 is 0 Å². The second-order valence-corrected chi connectivity index (χ2v) is 3.87. The molecule has 0 heterocycles. The highest BCUT2D eigenvalue weighted by Crippen LogP contribution is 2.44. The summed E-state index contributed by atoms with van der Waals surface area (Å²) in [6, 6.07) is 10.6. The van der Waals surface area contributed by atoms with Crippen LogP contribution in [0.15, 0.2) is 30.3 Å². The van der Waals surface area contributed by atoms with E-state index in [9.17, 15) is 0 Å². The third kappa shape index (κ3) is 2.10. The molecular weight excluding hydrogens is 160 g/mol. The van der Waals surface area contributed by atoms with E-state index in [0.717, 1.165) is 12.3 Å². The van der Waals surface area contributed by atoms with Crippen molar-refractivity contribution in [2.24, 2.45) is 5.92 Å². The number of hydrogen-bond acceptors (Lipinski definition) is 1. The van der Waals surface area contributed by atoms with Crippen LogP contribution in [0.25, 0.3) is 0 Å². The van der Waals surface area contributed by atoms with Gasteiger partial charge in [-0.05, 0) is 36.7 Å². The molecule has 0 aromatic heterocycles. The number of benzene rings is 1. The van der Waals surface area contributed by atoms with Gasteiger partial charge in [0.15, 0.2) is 0 Å². The molecule has 1 N–H and O–H groups in total. The van der Waals surface area contributed by atoms with Crippen LogP contribution in [0, 0.1) is 5.92 Å². The molecular formula is C12H16O. The summed E-state index contributed by atoms with van der Waals surface area (Å²) in [7, 11) is 0. The first-order valence-electron chi connectivity index (χ1n) is 5.07. The second-order valence-electron chi connectivity index (χ2n) is 3.87. The molecule has 1 aromatic carbocycles. The Balaban J connectivity index is 2.10. The fourth-order valence-electron chi connectivity index (χ4n) is 2.01. The van der Waals surface area contributed by atoms with Crippen molar-refractivity contribution in [2.75, 3.05) is 6.61 Å². The summed E-state index contributed by atoms with van der Waals surface area (Å²) in [6.45, 7) is 0.316. The molecule has 0 amide bonds. The van der Waals surface area contributed by atoms with Gasteiger partial charge in [-0.1, -0.05) is 30.3 Å². The van der Waals surface area contributed by atoms with Crippen molar-refractivity contribution in [3.05, 3.63) is 35.9 Å². The lowest BCUT2D eigenvalue weighted by molar-refractivity contribution is 0.270. The summed E-state index contributed by atoms with van der Waals surface area (Å²) in [4.78, 5) is 0. The van der Waals surface area contributed by atoms with E-state index in [0.29, 0.717) is 12.5 Å². The Morgan fingerprint density at radius 3 is 2.46 bits per heavy atom. The zero-order chi connectivity index (χ0) is 9.10. The van der Waals surface area contributed by atoms with Gasteiger partial charge < -0.3 is 5.11 Å². The lowest BCUT2D eigenvalue weighted by atomic mass is 9.91. The summed E-state index contributed by atoms with van der Waals surface area (Å²) in [5, 5.41) is 8.97. The maximum atomic E-state index is 8.97. The molecule has 0 aliphatic heterocycles. The summed E-state index contributed by atoms with van der Waals surface area (Å²) in [5.41, 5.74) is 1.40. The largest absolute Gasteiger partial charge is 0.396 e. The van der Waals surface area contributed by atoms with Crippen molar-refractivity contribution in [3.8, 4) is 0 Å². The summed E-state index contributed by atoms with van der Waals surface area (Å²) in [6.07, 6.45) is 3.62. The van der Waals surface area contributed by atoms with Gasteiger partial charge in [-0.2, -0.15) is 0 Å². The fraction of sp³-hybridized carbons (Fsp3) is 0.500.